The quantitative estimate of drug-likeness (QED) is 0.644. The van der Waals surface area contributed by atoms with E-state index in [1.807, 2.05) is 24.8 Å². The molecule has 4 nitrogen and oxygen atoms in total. The zero-order valence-electron chi connectivity index (χ0n) is 12.9. The first-order valence-corrected chi connectivity index (χ1v) is 8.46. The summed E-state index contributed by atoms with van der Waals surface area (Å²) in [6, 6.07) is 4.28. The smallest absolute Gasteiger partial charge is 0.340 e. The van der Waals surface area contributed by atoms with Gasteiger partial charge in [-0.3, -0.25) is 0 Å². The molecular weight excluding hydrogens is 284 g/mol. The number of carbonyl (C=O) groups excluding carboxylic acids is 1. The number of hydrogen-bond donors (Lipinski definition) is 2. The number of nitrogens with one attached hydrogen (secondary N) is 1. The number of nitrogens with two attached hydrogens (primary N) is 1. The highest BCUT2D eigenvalue weighted by Gasteiger charge is 2.25. The summed E-state index contributed by atoms with van der Waals surface area (Å²) < 4.78 is 4.80. The Morgan fingerprint density at radius 3 is 2.90 bits per heavy atom. The molecule has 1 saturated carbocycles. The fraction of sp³-hybridized carbons (Fsp3) is 0.562. The van der Waals surface area contributed by atoms with Crippen LogP contribution in [0.25, 0.3) is 0 Å². The number of hydrogen-bond acceptors (Lipinski definition) is 5. The van der Waals surface area contributed by atoms with Gasteiger partial charge in [0, 0.05) is 22.7 Å². The van der Waals surface area contributed by atoms with Crippen molar-refractivity contribution in [3.8, 4) is 0 Å². The predicted octanol–water partition coefficient (Wildman–Crippen LogP) is 3.45. The standard InChI is InChI=1S/C16H24N2O2S/c1-4-21-13-6-5-11(8-13)18-12-7-10(2)15(17)14(9-12)16(19)20-3/h7,9,11,13,18H,4-6,8,17H2,1-3H3. The van der Waals surface area contributed by atoms with Gasteiger partial charge in [-0.05, 0) is 49.6 Å². The Bertz CT molecular complexity index is 519. The second kappa shape index (κ2) is 7.07. The molecule has 0 heterocycles. The first kappa shape index (κ1) is 16.0. The molecule has 1 aliphatic carbocycles. The number of nitrogen functional groups attached to an aromatic ring is 1. The minimum atomic E-state index is -0.384. The van der Waals surface area contributed by atoms with Crippen LogP contribution in [0, 0.1) is 6.92 Å². The lowest BCUT2D eigenvalue weighted by Crippen LogP contribution is -2.17. The molecule has 0 saturated heterocycles. The lowest BCUT2D eigenvalue weighted by molar-refractivity contribution is 0.0602. The summed E-state index contributed by atoms with van der Waals surface area (Å²) in [6.07, 6.45) is 3.61. The van der Waals surface area contributed by atoms with E-state index >= 15 is 0 Å². The van der Waals surface area contributed by atoms with Crippen LogP contribution >= 0.6 is 11.8 Å². The summed E-state index contributed by atoms with van der Waals surface area (Å²) in [5, 5.41) is 4.29. The normalized spacial score (nSPS) is 21.3. The van der Waals surface area contributed by atoms with Gasteiger partial charge in [0.2, 0.25) is 0 Å². The summed E-state index contributed by atoms with van der Waals surface area (Å²) in [4.78, 5) is 11.8. The minimum absolute atomic E-state index is 0.384. The third kappa shape index (κ3) is 3.84. The SMILES string of the molecule is CCSC1CCC(Nc2cc(C)c(N)c(C(=O)OC)c2)C1. The number of methoxy groups -OCH3 is 1. The van der Waals surface area contributed by atoms with Crippen LogP contribution in [0.5, 0.6) is 0 Å². The van der Waals surface area contributed by atoms with Crippen molar-refractivity contribution >= 4 is 29.1 Å². The number of aryl methyl sites for hydroxylation is 1. The fourth-order valence-electron chi connectivity index (χ4n) is 2.85. The highest BCUT2D eigenvalue weighted by Crippen LogP contribution is 2.32. The van der Waals surface area contributed by atoms with E-state index in [1.165, 1.54) is 32.1 Å². The van der Waals surface area contributed by atoms with E-state index in [-0.39, 0.29) is 5.97 Å². The summed E-state index contributed by atoms with van der Waals surface area (Å²) in [7, 11) is 1.38. The van der Waals surface area contributed by atoms with E-state index < -0.39 is 0 Å². The molecule has 1 aromatic carbocycles. The number of rotatable bonds is 5. The third-order valence-electron chi connectivity index (χ3n) is 3.95. The van der Waals surface area contributed by atoms with Gasteiger partial charge in [0.1, 0.15) is 0 Å². The largest absolute Gasteiger partial charge is 0.465 e. The van der Waals surface area contributed by atoms with Crippen LogP contribution < -0.4 is 11.1 Å². The van der Waals surface area contributed by atoms with Gasteiger partial charge in [-0.15, -0.1) is 0 Å². The Hall–Kier alpha value is -1.36. The first-order chi connectivity index (χ1) is 10.0. The molecule has 0 amide bonds. The van der Waals surface area contributed by atoms with Gasteiger partial charge in [-0.25, -0.2) is 4.79 Å². The number of ether oxygens (including phenoxy) is 1. The zero-order chi connectivity index (χ0) is 15.4. The molecule has 2 rings (SSSR count). The van der Waals surface area contributed by atoms with Crippen LogP contribution in [0.15, 0.2) is 12.1 Å². The summed E-state index contributed by atoms with van der Waals surface area (Å²) in [5.74, 6) is 0.787. The second-order valence-electron chi connectivity index (χ2n) is 5.48. The maximum absolute atomic E-state index is 11.8. The van der Waals surface area contributed by atoms with Gasteiger partial charge in [0.25, 0.3) is 0 Å². The van der Waals surface area contributed by atoms with E-state index in [9.17, 15) is 4.79 Å². The van der Waals surface area contributed by atoms with Crippen molar-refractivity contribution in [1.82, 2.24) is 0 Å². The fourth-order valence-corrected chi connectivity index (χ4v) is 4.00. The van der Waals surface area contributed by atoms with Crippen molar-refractivity contribution in [3.63, 3.8) is 0 Å². The lowest BCUT2D eigenvalue weighted by atomic mass is 10.1. The molecule has 5 heteroatoms. The van der Waals surface area contributed by atoms with Crippen LogP contribution in [0.3, 0.4) is 0 Å². The van der Waals surface area contributed by atoms with E-state index in [4.69, 9.17) is 10.5 Å². The van der Waals surface area contributed by atoms with Gasteiger partial charge < -0.3 is 15.8 Å². The highest BCUT2D eigenvalue weighted by atomic mass is 32.2. The molecule has 2 unspecified atom stereocenters. The van der Waals surface area contributed by atoms with Gasteiger partial charge >= 0.3 is 5.97 Å². The number of anilines is 2. The average Bonchev–Trinajstić information content (AvgIpc) is 2.89. The van der Waals surface area contributed by atoms with E-state index in [0.29, 0.717) is 17.3 Å². The molecule has 1 aliphatic rings. The van der Waals surface area contributed by atoms with Gasteiger partial charge in [0.05, 0.1) is 12.7 Å². The highest BCUT2D eigenvalue weighted by molar-refractivity contribution is 7.99. The Morgan fingerprint density at radius 1 is 1.48 bits per heavy atom. The number of carbonyl (C=O) groups is 1. The molecule has 21 heavy (non-hydrogen) atoms. The maximum Gasteiger partial charge on any atom is 0.340 e. The van der Waals surface area contributed by atoms with Crippen LogP contribution in [0.1, 0.15) is 42.1 Å². The Kier molecular flexibility index (Phi) is 5.39. The third-order valence-corrected chi connectivity index (χ3v) is 5.18. The van der Waals surface area contributed by atoms with E-state index in [1.54, 1.807) is 6.07 Å². The predicted molar refractivity (Wildman–Crippen MR) is 90.1 cm³/mol. The maximum atomic E-state index is 11.8. The van der Waals surface area contributed by atoms with Crippen molar-refractivity contribution in [3.05, 3.63) is 23.3 Å². The van der Waals surface area contributed by atoms with Crippen LogP contribution in [-0.2, 0) is 4.74 Å². The summed E-state index contributed by atoms with van der Waals surface area (Å²) in [5.41, 5.74) is 8.76. The molecule has 1 fully saturated rings. The number of benzene rings is 1. The van der Waals surface area contributed by atoms with Gasteiger partial charge in [-0.1, -0.05) is 6.92 Å². The number of esters is 1. The van der Waals surface area contributed by atoms with Crippen molar-refractivity contribution in [1.29, 1.82) is 0 Å². The molecule has 0 aromatic heterocycles. The molecular formula is C16H24N2O2S. The Morgan fingerprint density at radius 2 is 2.24 bits per heavy atom. The Labute approximate surface area is 130 Å². The van der Waals surface area contributed by atoms with Crippen molar-refractivity contribution < 1.29 is 9.53 Å². The lowest BCUT2D eigenvalue weighted by Gasteiger charge is -2.17. The topological polar surface area (TPSA) is 64.3 Å². The second-order valence-corrected chi connectivity index (χ2v) is 7.05. The van der Waals surface area contributed by atoms with Crippen LogP contribution in [0.4, 0.5) is 11.4 Å². The van der Waals surface area contributed by atoms with Crippen LogP contribution in [-0.4, -0.2) is 30.1 Å². The average molecular weight is 308 g/mol. The molecule has 2 atom stereocenters. The molecule has 0 spiro atoms. The minimum Gasteiger partial charge on any atom is -0.465 e. The van der Waals surface area contributed by atoms with Crippen LogP contribution in [0.2, 0.25) is 0 Å². The Balaban J connectivity index is 2.10. The van der Waals surface area contributed by atoms with Gasteiger partial charge in [-0.2, -0.15) is 11.8 Å². The van der Waals surface area contributed by atoms with Crippen molar-refractivity contribution in [2.45, 2.75) is 44.4 Å². The van der Waals surface area contributed by atoms with Gasteiger partial charge in [0.15, 0.2) is 0 Å². The van der Waals surface area contributed by atoms with E-state index in [0.717, 1.165) is 16.5 Å². The zero-order valence-corrected chi connectivity index (χ0v) is 13.8. The molecule has 3 N–H and O–H groups in total. The molecule has 1 aromatic rings. The van der Waals surface area contributed by atoms with Crippen molar-refractivity contribution in [2.75, 3.05) is 23.9 Å². The molecule has 0 aliphatic heterocycles. The molecule has 116 valence electrons. The molecule has 0 radical (unpaired) electrons. The molecule has 0 bridgehead atoms. The summed E-state index contributed by atoms with van der Waals surface area (Å²) in [6.45, 7) is 4.12. The monoisotopic (exact) mass is 308 g/mol. The van der Waals surface area contributed by atoms with E-state index in [2.05, 4.69) is 12.2 Å². The first-order valence-electron chi connectivity index (χ1n) is 7.41. The van der Waals surface area contributed by atoms with Crippen molar-refractivity contribution in [2.24, 2.45) is 0 Å². The summed E-state index contributed by atoms with van der Waals surface area (Å²) >= 11 is 2.04. The number of thioether (sulfide) groups is 1.